The molecule has 1 N–H and O–H groups in total. The van der Waals surface area contributed by atoms with Crippen molar-refractivity contribution in [2.24, 2.45) is 5.92 Å². The van der Waals surface area contributed by atoms with Gasteiger partial charge in [0.1, 0.15) is 0 Å². The first-order chi connectivity index (χ1) is 8.66. The van der Waals surface area contributed by atoms with Crippen molar-refractivity contribution in [2.75, 3.05) is 19.8 Å². The minimum Gasteiger partial charge on any atom is -0.381 e. The third-order valence-corrected chi connectivity index (χ3v) is 4.31. The lowest BCUT2D eigenvalue weighted by Gasteiger charge is -2.22. The molecule has 1 heterocycles. The van der Waals surface area contributed by atoms with Crippen LogP contribution in [0.5, 0.6) is 0 Å². The van der Waals surface area contributed by atoms with Gasteiger partial charge in [0.2, 0.25) is 0 Å². The fourth-order valence-corrected chi connectivity index (χ4v) is 2.35. The number of carbonyl (C=O) groups excluding carboxylic acids is 1. The Bertz CT molecular complexity index is 433. The fourth-order valence-electron chi connectivity index (χ4n) is 1.93. The molecule has 0 saturated carbocycles. The Hall–Kier alpha value is -0.580. The van der Waals surface area contributed by atoms with Gasteiger partial charge in [0.25, 0.3) is 5.91 Å². The molecule has 1 aliphatic rings. The first-order valence-corrected chi connectivity index (χ1v) is 7.15. The molecule has 0 spiro atoms. The van der Waals surface area contributed by atoms with Gasteiger partial charge in [-0.15, -0.1) is 0 Å². The zero-order valence-corrected chi connectivity index (χ0v) is 12.3. The molecule has 0 bridgehead atoms. The van der Waals surface area contributed by atoms with E-state index in [1.807, 2.05) is 0 Å². The molecule has 2 rings (SSSR count). The molecule has 1 aromatic rings. The smallest absolute Gasteiger partial charge is 0.251 e. The number of amides is 1. The quantitative estimate of drug-likeness (QED) is 0.922. The number of benzene rings is 1. The van der Waals surface area contributed by atoms with E-state index in [9.17, 15) is 4.79 Å². The van der Waals surface area contributed by atoms with Gasteiger partial charge in [-0.25, -0.2) is 0 Å². The molecule has 18 heavy (non-hydrogen) atoms. The van der Waals surface area contributed by atoms with Gasteiger partial charge in [0.15, 0.2) is 0 Å². The third kappa shape index (κ3) is 3.70. The van der Waals surface area contributed by atoms with Crippen LogP contribution < -0.4 is 5.32 Å². The summed E-state index contributed by atoms with van der Waals surface area (Å²) in [5.74, 6) is 0.449. The predicted molar refractivity (Wildman–Crippen MR) is 75.0 cm³/mol. The summed E-state index contributed by atoms with van der Waals surface area (Å²) in [5.41, 5.74) is 0.593. The number of nitrogens with one attached hydrogen (secondary N) is 1. The van der Waals surface area contributed by atoms with E-state index in [-0.39, 0.29) is 5.91 Å². The van der Waals surface area contributed by atoms with Crippen LogP contribution in [0.25, 0.3) is 0 Å². The number of carbonyl (C=O) groups is 1. The van der Waals surface area contributed by atoms with Gasteiger partial charge in [-0.05, 0) is 52.9 Å². The molecule has 1 saturated heterocycles. The van der Waals surface area contributed by atoms with Crippen LogP contribution in [0, 0.1) is 5.92 Å². The van der Waals surface area contributed by atoms with Gasteiger partial charge in [-0.1, -0.05) is 11.6 Å². The SMILES string of the molecule is O=C(NCC1CCOCC1)c1ccc(Br)c(Cl)c1. The second-order valence-electron chi connectivity index (χ2n) is 4.39. The summed E-state index contributed by atoms with van der Waals surface area (Å²) in [4.78, 5) is 11.9. The Morgan fingerprint density at radius 3 is 2.83 bits per heavy atom. The molecular formula is C13H15BrClNO2. The second kappa shape index (κ2) is 6.55. The van der Waals surface area contributed by atoms with E-state index in [1.54, 1.807) is 18.2 Å². The molecule has 0 aliphatic carbocycles. The second-order valence-corrected chi connectivity index (χ2v) is 5.66. The van der Waals surface area contributed by atoms with Crippen molar-refractivity contribution in [1.29, 1.82) is 0 Å². The first-order valence-electron chi connectivity index (χ1n) is 5.98. The van der Waals surface area contributed by atoms with Crippen molar-refractivity contribution in [3.8, 4) is 0 Å². The molecule has 3 nitrogen and oxygen atoms in total. The molecule has 0 radical (unpaired) electrons. The third-order valence-electron chi connectivity index (χ3n) is 3.07. The van der Waals surface area contributed by atoms with E-state index >= 15 is 0 Å². The fraction of sp³-hybridized carbons (Fsp3) is 0.462. The summed E-state index contributed by atoms with van der Waals surface area (Å²) < 4.78 is 6.08. The molecular weight excluding hydrogens is 318 g/mol. The van der Waals surface area contributed by atoms with Crippen LogP contribution in [0.4, 0.5) is 0 Å². The molecule has 0 aromatic heterocycles. The van der Waals surface area contributed by atoms with Crippen LogP contribution in [0.15, 0.2) is 22.7 Å². The summed E-state index contributed by atoms with van der Waals surface area (Å²) in [7, 11) is 0. The zero-order chi connectivity index (χ0) is 13.0. The minimum atomic E-state index is -0.0732. The number of hydrogen-bond acceptors (Lipinski definition) is 2. The van der Waals surface area contributed by atoms with Crippen molar-refractivity contribution in [3.05, 3.63) is 33.3 Å². The topological polar surface area (TPSA) is 38.3 Å². The summed E-state index contributed by atoms with van der Waals surface area (Å²) in [5, 5.41) is 3.50. The molecule has 1 aromatic carbocycles. The van der Waals surface area contributed by atoms with Crippen LogP contribution in [-0.4, -0.2) is 25.7 Å². The van der Waals surface area contributed by atoms with E-state index in [2.05, 4.69) is 21.2 Å². The highest BCUT2D eigenvalue weighted by molar-refractivity contribution is 9.10. The lowest BCUT2D eigenvalue weighted by Crippen LogP contribution is -2.32. The van der Waals surface area contributed by atoms with Crippen molar-refractivity contribution < 1.29 is 9.53 Å². The highest BCUT2D eigenvalue weighted by Gasteiger charge is 2.15. The van der Waals surface area contributed by atoms with Gasteiger partial charge >= 0.3 is 0 Å². The Labute approximate surface area is 120 Å². The Morgan fingerprint density at radius 1 is 1.44 bits per heavy atom. The van der Waals surface area contributed by atoms with Crippen molar-refractivity contribution in [1.82, 2.24) is 5.32 Å². The van der Waals surface area contributed by atoms with E-state index in [0.717, 1.165) is 30.5 Å². The van der Waals surface area contributed by atoms with Gasteiger partial charge < -0.3 is 10.1 Å². The summed E-state index contributed by atoms with van der Waals surface area (Å²) in [6, 6.07) is 5.21. The number of halogens is 2. The number of rotatable bonds is 3. The van der Waals surface area contributed by atoms with Gasteiger partial charge in [-0.3, -0.25) is 4.79 Å². The Balaban J connectivity index is 1.88. The number of ether oxygens (including phenoxy) is 1. The van der Waals surface area contributed by atoms with Crippen LogP contribution in [0.2, 0.25) is 5.02 Å². The minimum absolute atomic E-state index is 0.0732. The van der Waals surface area contributed by atoms with Crippen LogP contribution in [0.1, 0.15) is 23.2 Å². The lowest BCUT2D eigenvalue weighted by atomic mass is 10.0. The Morgan fingerprint density at radius 2 is 2.17 bits per heavy atom. The van der Waals surface area contributed by atoms with Crippen LogP contribution in [0.3, 0.4) is 0 Å². The van der Waals surface area contributed by atoms with Gasteiger partial charge in [-0.2, -0.15) is 0 Å². The molecule has 1 fully saturated rings. The van der Waals surface area contributed by atoms with E-state index < -0.39 is 0 Å². The normalized spacial score (nSPS) is 16.6. The average molecular weight is 333 g/mol. The molecule has 1 amide bonds. The summed E-state index contributed by atoms with van der Waals surface area (Å²) >= 11 is 9.27. The highest BCUT2D eigenvalue weighted by atomic mass is 79.9. The van der Waals surface area contributed by atoms with Crippen LogP contribution in [-0.2, 0) is 4.74 Å². The number of hydrogen-bond donors (Lipinski definition) is 1. The van der Waals surface area contributed by atoms with Gasteiger partial charge in [0.05, 0.1) is 5.02 Å². The van der Waals surface area contributed by atoms with Crippen molar-refractivity contribution in [3.63, 3.8) is 0 Å². The van der Waals surface area contributed by atoms with Crippen molar-refractivity contribution >= 4 is 33.4 Å². The first kappa shape index (κ1) is 13.8. The maximum absolute atomic E-state index is 11.9. The maximum atomic E-state index is 11.9. The standard InChI is InChI=1S/C13H15BrClNO2/c14-11-2-1-10(7-12(11)15)13(17)16-8-9-3-5-18-6-4-9/h1-2,7,9H,3-6,8H2,(H,16,17). The zero-order valence-electron chi connectivity index (χ0n) is 9.92. The molecule has 0 unspecified atom stereocenters. The highest BCUT2D eigenvalue weighted by Crippen LogP contribution is 2.23. The van der Waals surface area contributed by atoms with E-state index in [0.29, 0.717) is 23.0 Å². The summed E-state index contributed by atoms with van der Waals surface area (Å²) in [6.45, 7) is 2.30. The molecule has 5 heteroatoms. The predicted octanol–water partition coefficient (Wildman–Crippen LogP) is 3.26. The average Bonchev–Trinajstić information content (AvgIpc) is 2.40. The molecule has 1 aliphatic heterocycles. The van der Waals surface area contributed by atoms with E-state index in [4.69, 9.17) is 16.3 Å². The monoisotopic (exact) mass is 331 g/mol. The lowest BCUT2D eigenvalue weighted by molar-refractivity contribution is 0.0642. The Kier molecular flexibility index (Phi) is 5.03. The summed E-state index contributed by atoms with van der Waals surface area (Å²) in [6.07, 6.45) is 2.03. The maximum Gasteiger partial charge on any atom is 0.251 e. The van der Waals surface area contributed by atoms with Crippen LogP contribution >= 0.6 is 27.5 Å². The van der Waals surface area contributed by atoms with E-state index in [1.165, 1.54) is 0 Å². The molecule has 0 atom stereocenters. The molecule has 98 valence electrons. The van der Waals surface area contributed by atoms with Gasteiger partial charge in [0, 0.05) is 29.8 Å². The van der Waals surface area contributed by atoms with Crippen molar-refractivity contribution in [2.45, 2.75) is 12.8 Å². The largest absolute Gasteiger partial charge is 0.381 e.